The van der Waals surface area contributed by atoms with Crippen LogP contribution in [0.5, 0.6) is 5.75 Å². The third-order valence-corrected chi connectivity index (χ3v) is 5.42. The van der Waals surface area contributed by atoms with E-state index in [2.05, 4.69) is 11.9 Å². The summed E-state index contributed by atoms with van der Waals surface area (Å²) in [6.45, 7) is 5.20. The minimum Gasteiger partial charge on any atom is -0.491 e. The van der Waals surface area contributed by atoms with Gasteiger partial charge in [0, 0.05) is 20.2 Å². The van der Waals surface area contributed by atoms with Crippen molar-refractivity contribution < 1.29 is 14.6 Å². The average Bonchev–Trinajstić information content (AvgIpc) is 3.23. The molecule has 0 spiro atoms. The number of aromatic nitrogens is 4. The summed E-state index contributed by atoms with van der Waals surface area (Å²) in [5.41, 5.74) is 0.941. The topological polar surface area (TPSA) is 101 Å². The maximum atomic E-state index is 13.2. The van der Waals surface area contributed by atoms with Crippen LogP contribution in [-0.2, 0) is 30.8 Å². The van der Waals surface area contributed by atoms with Gasteiger partial charge in [-0.2, -0.15) is 0 Å². The van der Waals surface area contributed by atoms with E-state index in [-0.39, 0.29) is 13.2 Å². The summed E-state index contributed by atoms with van der Waals surface area (Å²) in [4.78, 5) is 30.6. The molecule has 0 aliphatic heterocycles. The van der Waals surface area contributed by atoms with E-state index in [0.29, 0.717) is 36.6 Å². The van der Waals surface area contributed by atoms with Crippen LogP contribution in [0.1, 0.15) is 32.3 Å². The molecule has 32 heavy (non-hydrogen) atoms. The molecular weight excluding hydrogens is 412 g/mol. The largest absolute Gasteiger partial charge is 0.491 e. The van der Waals surface area contributed by atoms with Crippen molar-refractivity contribution in [2.45, 2.75) is 58.8 Å². The van der Waals surface area contributed by atoms with Crippen molar-refractivity contribution in [3.8, 4) is 5.75 Å². The molecule has 0 fully saturated rings. The van der Waals surface area contributed by atoms with Gasteiger partial charge in [0.15, 0.2) is 11.2 Å². The van der Waals surface area contributed by atoms with Gasteiger partial charge in [-0.05, 0) is 30.5 Å². The third kappa shape index (κ3) is 5.28. The number of hydrogen-bond donors (Lipinski definition) is 1. The standard InChI is InChI=1S/C23H32N4O5/c1-4-6-11-26-21-20(25(16-24-21)12-13-31-3)22(29)27(23(26)30)14-18(28)15-32-19-9-7-17(5-2)8-10-19/h7-10,16,18,28H,4-6,11-15H2,1-3H3/t18-/m1/s1. The second kappa shape index (κ2) is 11.1. The molecule has 2 heterocycles. The Labute approximate surface area is 186 Å². The van der Waals surface area contributed by atoms with Gasteiger partial charge >= 0.3 is 5.69 Å². The molecule has 0 aliphatic carbocycles. The Morgan fingerprint density at radius 3 is 2.50 bits per heavy atom. The molecular formula is C23H32N4O5. The maximum Gasteiger partial charge on any atom is 0.332 e. The lowest BCUT2D eigenvalue weighted by Crippen LogP contribution is -2.44. The van der Waals surface area contributed by atoms with Crippen LogP contribution in [-0.4, -0.2) is 50.2 Å². The lowest BCUT2D eigenvalue weighted by Gasteiger charge is -2.16. The first-order valence-corrected chi connectivity index (χ1v) is 11.1. The molecule has 0 bridgehead atoms. The van der Waals surface area contributed by atoms with Crippen molar-refractivity contribution in [2.24, 2.45) is 0 Å². The Morgan fingerprint density at radius 1 is 1.09 bits per heavy atom. The number of ether oxygens (including phenoxy) is 2. The second-order valence-corrected chi connectivity index (χ2v) is 7.77. The molecule has 1 atom stereocenters. The van der Waals surface area contributed by atoms with E-state index in [1.54, 1.807) is 18.0 Å². The number of unbranched alkanes of at least 4 members (excludes halogenated alkanes) is 1. The van der Waals surface area contributed by atoms with E-state index in [9.17, 15) is 14.7 Å². The van der Waals surface area contributed by atoms with Crippen LogP contribution in [0, 0.1) is 0 Å². The van der Waals surface area contributed by atoms with Crippen LogP contribution in [0.15, 0.2) is 40.2 Å². The minimum atomic E-state index is -1.03. The predicted octanol–water partition coefficient (Wildman–Crippen LogP) is 1.81. The lowest BCUT2D eigenvalue weighted by molar-refractivity contribution is 0.0901. The number of rotatable bonds is 12. The van der Waals surface area contributed by atoms with Gasteiger partial charge in [-0.1, -0.05) is 32.4 Å². The highest BCUT2D eigenvalue weighted by Gasteiger charge is 2.20. The lowest BCUT2D eigenvalue weighted by atomic mass is 10.2. The van der Waals surface area contributed by atoms with E-state index in [1.807, 2.05) is 31.2 Å². The summed E-state index contributed by atoms with van der Waals surface area (Å²) >= 11 is 0. The Bertz CT molecular complexity index is 1130. The Balaban J connectivity index is 1.88. The van der Waals surface area contributed by atoms with Gasteiger partial charge in [0.25, 0.3) is 5.56 Å². The first kappa shape index (κ1) is 23.7. The molecule has 0 radical (unpaired) electrons. The van der Waals surface area contributed by atoms with Crippen LogP contribution in [0.2, 0.25) is 0 Å². The molecule has 0 saturated carbocycles. The number of methoxy groups -OCH3 is 1. The van der Waals surface area contributed by atoms with Gasteiger partial charge in [0.1, 0.15) is 18.5 Å². The summed E-state index contributed by atoms with van der Waals surface area (Å²) in [6.07, 6.45) is 3.12. The molecule has 0 aliphatic rings. The zero-order chi connectivity index (χ0) is 23.1. The highest BCUT2D eigenvalue weighted by Crippen LogP contribution is 2.13. The van der Waals surface area contributed by atoms with Gasteiger partial charge in [0.05, 0.1) is 19.5 Å². The molecule has 1 N–H and O–H groups in total. The fourth-order valence-corrected chi connectivity index (χ4v) is 3.55. The van der Waals surface area contributed by atoms with Gasteiger partial charge < -0.3 is 19.1 Å². The zero-order valence-corrected chi connectivity index (χ0v) is 19.0. The van der Waals surface area contributed by atoms with Crippen molar-refractivity contribution in [3.05, 3.63) is 57.0 Å². The van der Waals surface area contributed by atoms with Crippen LogP contribution >= 0.6 is 0 Å². The highest BCUT2D eigenvalue weighted by atomic mass is 16.5. The van der Waals surface area contributed by atoms with E-state index in [1.165, 1.54) is 10.1 Å². The number of imidazole rings is 1. The molecule has 0 amide bonds. The average molecular weight is 445 g/mol. The predicted molar refractivity (Wildman–Crippen MR) is 122 cm³/mol. The van der Waals surface area contributed by atoms with Crippen LogP contribution < -0.4 is 16.0 Å². The molecule has 1 aromatic carbocycles. The quantitative estimate of drug-likeness (QED) is 0.457. The Hall–Kier alpha value is -2.91. The van der Waals surface area contributed by atoms with E-state index in [4.69, 9.17) is 9.47 Å². The Morgan fingerprint density at radius 2 is 1.84 bits per heavy atom. The molecule has 9 heteroatoms. The number of aliphatic hydroxyl groups is 1. The van der Waals surface area contributed by atoms with Crippen molar-refractivity contribution in [3.63, 3.8) is 0 Å². The SMILES string of the molecule is CCCCn1c(=O)n(C[C@@H](O)COc2ccc(CC)cc2)c(=O)c2c1ncn2CCOC. The summed E-state index contributed by atoms with van der Waals surface area (Å²) in [6, 6.07) is 7.62. The van der Waals surface area contributed by atoms with Crippen LogP contribution in [0.25, 0.3) is 11.2 Å². The van der Waals surface area contributed by atoms with Gasteiger partial charge in [-0.15, -0.1) is 0 Å². The monoisotopic (exact) mass is 444 g/mol. The van der Waals surface area contributed by atoms with E-state index < -0.39 is 17.4 Å². The fourth-order valence-electron chi connectivity index (χ4n) is 3.55. The van der Waals surface area contributed by atoms with Gasteiger partial charge in [-0.3, -0.25) is 13.9 Å². The number of nitrogens with zero attached hydrogens (tertiary/aromatic N) is 4. The smallest absolute Gasteiger partial charge is 0.332 e. The number of benzene rings is 1. The summed E-state index contributed by atoms with van der Waals surface area (Å²) in [5, 5.41) is 10.5. The number of hydrogen-bond acceptors (Lipinski definition) is 6. The van der Waals surface area contributed by atoms with Crippen molar-refractivity contribution >= 4 is 11.2 Å². The minimum absolute atomic E-state index is 0.0344. The van der Waals surface area contributed by atoms with Gasteiger partial charge in [-0.25, -0.2) is 9.78 Å². The van der Waals surface area contributed by atoms with Gasteiger partial charge in [0.2, 0.25) is 0 Å². The van der Waals surface area contributed by atoms with Crippen LogP contribution in [0.3, 0.4) is 0 Å². The zero-order valence-electron chi connectivity index (χ0n) is 19.0. The second-order valence-electron chi connectivity index (χ2n) is 7.77. The molecule has 2 aromatic heterocycles. The molecule has 3 aromatic rings. The normalized spacial score (nSPS) is 12.4. The summed E-state index contributed by atoms with van der Waals surface area (Å²) < 4.78 is 15.1. The number of aliphatic hydroxyl groups excluding tert-OH is 1. The van der Waals surface area contributed by atoms with Crippen molar-refractivity contribution in [1.82, 2.24) is 18.7 Å². The van der Waals surface area contributed by atoms with Crippen LogP contribution in [0.4, 0.5) is 0 Å². The van der Waals surface area contributed by atoms with Crippen molar-refractivity contribution in [1.29, 1.82) is 0 Å². The molecule has 3 rings (SSSR count). The molecule has 174 valence electrons. The summed E-state index contributed by atoms with van der Waals surface area (Å²) in [5.74, 6) is 0.627. The molecule has 0 saturated heterocycles. The van der Waals surface area contributed by atoms with Crippen molar-refractivity contribution in [2.75, 3.05) is 20.3 Å². The fraction of sp³-hybridized carbons (Fsp3) is 0.522. The Kier molecular flexibility index (Phi) is 8.24. The maximum absolute atomic E-state index is 13.2. The number of fused-ring (bicyclic) bond motifs is 1. The highest BCUT2D eigenvalue weighted by molar-refractivity contribution is 5.70. The first-order chi connectivity index (χ1) is 15.5. The first-order valence-electron chi connectivity index (χ1n) is 11.1. The number of aryl methyl sites for hydroxylation is 2. The molecule has 9 nitrogen and oxygen atoms in total. The summed E-state index contributed by atoms with van der Waals surface area (Å²) in [7, 11) is 1.58. The molecule has 0 unspecified atom stereocenters. The van der Waals surface area contributed by atoms with E-state index >= 15 is 0 Å². The van der Waals surface area contributed by atoms with E-state index in [0.717, 1.165) is 23.8 Å². The third-order valence-electron chi connectivity index (χ3n) is 5.42.